The van der Waals surface area contributed by atoms with Crippen LogP contribution < -0.4 is 4.74 Å². The van der Waals surface area contributed by atoms with Gasteiger partial charge in [-0.25, -0.2) is 0 Å². The summed E-state index contributed by atoms with van der Waals surface area (Å²) < 4.78 is 5.42. The second-order valence-electron chi connectivity index (χ2n) is 5.12. The average molecular weight is 267 g/mol. The zero-order chi connectivity index (χ0) is 14.0. The minimum atomic E-state index is -0.340. The number of aromatic nitrogens is 1. The molecule has 2 aromatic rings. The standard InChI is InChI=1S/C17H17NO2/c1-2-20-15-10-13(11-18-12-15)16(19)17(8-9-17)14-6-4-3-5-7-14/h3-7,10-12H,2,8-9H2,1H3. The Morgan fingerprint density at radius 3 is 2.65 bits per heavy atom. The minimum absolute atomic E-state index is 0.151. The number of pyridine rings is 1. The van der Waals surface area contributed by atoms with Gasteiger partial charge in [-0.2, -0.15) is 0 Å². The molecule has 0 radical (unpaired) electrons. The van der Waals surface area contributed by atoms with Crippen LogP contribution in [0.5, 0.6) is 5.75 Å². The predicted molar refractivity (Wildman–Crippen MR) is 77.1 cm³/mol. The number of ether oxygens (including phenoxy) is 1. The summed E-state index contributed by atoms with van der Waals surface area (Å²) in [5.74, 6) is 0.806. The summed E-state index contributed by atoms with van der Waals surface area (Å²) in [5.41, 5.74) is 1.40. The van der Waals surface area contributed by atoms with Gasteiger partial charge in [-0.05, 0) is 31.4 Å². The van der Waals surface area contributed by atoms with E-state index >= 15 is 0 Å². The highest BCUT2D eigenvalue weighted by atomic mass is 16.5. The number of hydrogen-bond donors (Lipinski definition) is 0. The van der Waals surface area contributed by atoms with Crippen LogP contribution in [0.1, 0.15) is 35.7 Å². The van der Waals surface area contributed by atoms with Crippen molar-refractivity contribution in [2.45, 2.75) is 25.2 Å². The van der Waals surface area contributed by atoms with Crippen LogP contribution in [0.15, 0.2) is 48.8 Å². The number of benzene rings is 1. The van der Waals surface area contributed by atoms with E-state index in [0.29, 0.717) is 17.9 Å². The van der Waals surface area contributed by atoms with E-state index < -0.39 is 0 Å². The number of Topliss-reactive ketones (excluding diaryl/α,β-unsaturated/α-hetero) is 1. The minimum Gasteiger partial charge on any atom is -0.492 e. The summed E-state index contributed by atoms with van der Waals surface area (Å²) in [7, 11) is 0. The zero-order valence-electron chi connectivity index (χ0n) is 11.5. The first-order valence-electron chi connectivity index (χ1n) is 6.94. The van der Waals surface area contributed by atoms with Gasteiger partial charge >= 0.3 is 0 Å². The summed E-state index contributed by atoms with van der Waals surface area (Å²) in [4.78, 5) is 16.9. The monoisotopic (exact) mass is 267 g/mol. The van der Waals surface area contributed by atoms with Gasteiger partial charge in [0.15, 0.2) is 5.78 Å². The summed E-state index contributed by atoms with van der Waals surface area (Å²) in [5, 5.41) is 0. The quantitative estimate of drug-likeness (QED) is 0.779. The number of hydrogen-bond acceptors (Lipinski definition) is 3. The van der Waals surface area contributed by atoms with E-state index in [4.69, 9.17) is 4.74 Å². The van der Waals surface area contributed by atoms with Gasteiger partial charge in [0, 0.05) is 11.8 Å². The van der Waals surface area contributed by atoms with Crippen LogP contribution in [-0.2, 0) is 5.41 Å². The van der Waals surface area contributed by atoms with E-state index in [1.165, 1.54) is 0 Å². The Kier molecular flexibility index (Phi) is 3.26. The van der Waals surface area contributed by atoms with Crippen LogP contribution in [-0.4, -0.2) is 17.4 Å². The molecule has 3 rings (SSSR count). The highest BCUT2D eigenvalue weighted by Crippen LogP contribution is 2.50. The van der Waals surface area contributed by atoms with Crippen LogP contribution in [0.3, 0.4) is 0 Å². The molecule has 1 aliphatic rings. The molecule has 0 amide bonds. The summed E-state index contributed by atoms with van der Waals surface area (Å²) >= 11 is 0. The maximum Gasteiger partial charge on any atom is 0.175 e. The van der Waals surface area contributed by atoms with E-state index in [1.807, 2.05) is 37.3 Å². The molecule has 0 aliphatic heterocycles. The molecule has 1 heterocycles. The Bertz CT molecular complexity index is 618. The first kappa shape index (κ1) is 12.9. The zero-order valence-corrected chi connectivity index (χ0v) is 11.5. The molecule has 0 saturated heterocycles. The fourth-order valence-electron chi connectivity index (χ4n) is 2.59. The molecule has 1 fully saturated rings. The van der Waals surface area contributed by atoms with Crippen molar-refractivity contribution >= 4 is 5.78 Å². The first-order chi connectivity index (χ1) is 9.76. The van der Waals surface area contributed by atoms with Crippen LogP contribution in [0.2, 0.25) is 0 Å². The fourth-order valence-corrected chi connectivity index (χ4v) is 2.59. The molecular formula is C17H17NO2. The predicted octanol–water partition coefficient (Wildman–Crippen LogP) is 3.39. The molecule has 20 heavy (non-hydrogen) atoms. The van der Waals surface area contributed by atoms with Gasteiger partial charge < -0.3 is 4.74 Å². The molecule has 1 aromatic carbocycles. The van der Waals surface area contributed by atoms with Crippen molar-refractivity contribution in [2.24, 2.45) is 0 Å². The molecule has 102 valence electrons. The van der Waals surface area contributed by atoms with Crippen LogP contribution in [0.25, 0.3) is 0 Å². The molecule has 3 nitrogen and oxygen atoms in total. The molecule has 0 unspecified atom stereocenters. The molecule has 0 atom stereocenters. The molecule has 3 heteroatoms. The Labute approximate surface area is 118 Å². The molecule has 1 aliphatic carbocycles. The Morgan fingerprint density at radius 2 is 2.00 bits per heavy atom. The van der Waals surface area contributed by atoms with Gasteiger partial charge in [0.05, 0.1) is 18.2 Å². The summed E-state index contributed by atoms with van der Waals surface area (Å²) in [6.07, 6.45) is 5.10. The van der Waals surface area contributed by atoms with Crippen LogP contribution in [0.4, 0.5) is 0 Å². The van der Waals surface area contributed by atoms with Crippen molar-refractivity contribution in [1.29, 1.82) is 0 Å². The molecule has 0 bridgehead atoms. The Balaban J connectivity index is 1.91. The first-order valence-corrected chi connectivity index (χ1v) is 6.94. The largest absolute Gasteiger partial charge is 0.492 e. The highest BCUT2D eigenvalue weighted by Gasteiger charge is 2.51. The van der Waals surface area contributed by atoms with E-state index in [-0.39, 0.29) is 11.2 Å². The van der Waals surface area contributed by atoms with Crippen molar-refractivity contribution in [1.82, 2.24) is 4.98 Å². The highest BCUT2D eigenvalue weighted by molar-refractivity contribution is 6.06. The lowest BCUT2D eigenvalue weighted by Gasteiger charge is -2.14. The molecule has 1 saturated carbocycles. The van der Waals surface area contributed by atoms with Gasteiger partial charge in [-0.15, -0.1) is 0 Å². The maximum atomic E-state index is 12.8. The summed E-state index contributed by atoms with van der Waals surface area (Å²) in [6.45, 7) is 2.49. The Hall–Kier alpha value is -2.16. The van der Waals surface area contributed by atoms with Gasteiger partial charge in [0.1, 0.15) is 5.75 Å². The van der Waals surface area contributed by atoms with E-state index in [2.05, 4.69) is 4.98 Å². The number of nitrogens with zero attached hydrogens (tertiary/aromatic N) is 1. The topological polar surface area (TPSA) is 39.2 Å². The molecule has 1 aromatic heterocycles. The van der Waals surface area contributed by atoms with Crippen molar-refractivity contribution in [3.05, 3.63) is 59.9 Å². The number of ketones is 1. The van der Waals surface area contributed by atoms with E-state index in [9.17, 15) is 4.79 Å². The van der Waals surface area contributed by atoms with Gasteiger partial charge in [-0.1, -0.05) is 30.3 Å². The number of rotatable bonds is 5. The molecule has 0 N–H and O–H groups in total. The maximum absolute atomic E-state index is 12.8. The van der Waals surface area contributed by atoms with Crippen molar-refractivity contribution in [2.75, 3.05) is 6.61 Å². The fraction of sp³-hybridized carbons (Fsp3) is 0.294. The lowest BCUT2D eigenvalue weighted by molar-refractivity contribution is 0.0945. The lowest BCUT2D eigenvalue weighted by Crippen LogP contribution is -2.20. The van der Waals surface area contributed by atoms with Gasteiger partial charge in [-0.3, -0.25) is 9.78 Å². The second kappa shape index (κ2) is 5.08. The molecule has 0 spiro atoms. The normalized spacial score (nSPS) is 15.7. The third-order valence-corrected chi connectivity index (χ3v) is 3.80. The number of carbonyl (C=O) groups is 1. The summed E-state index contributed by atoms with van der Waals surface area (Å²) in [6, 6.07) is 11.8. The van der Waals surface area contributed by atoms with E-state index in [1.54, 1.807) is 18.5 Å². The Morgan fingerprint density at radius 1 is 1.25 bits per heavy atom. The smallest absolute Gasteiger partial charge is 0.175 e. The SMILES string of the molecule is CCOc1cncc(C(=O)C2(c3ccccc3)CC2)c1. The average Bonchev–Trinajstić information content (AvgIpc) is 3.30. The van der Waals surface area contributed by atoms with Crippen molar-refractivity contribution in [3.8, 4) is 5.75 Å². The lowest BCUT2D eigenvalue weighted by atomic mass is 9.88. The van der Waals surface area contributed by atoms with Crippen molar-refractivity contribution < 1.29 is 9.53 Å². The third-order valence-electron chi connectivity index (χ3n) is 3.80. The van der Waals surface area contributed by atoms with Gasteiger partial charge in [0.2, 0.25) is 0 Å². The van der Waals surface area contributed by atoms with Crippen molar-refractivity contribution in [3.63, 3.8) is 0 Å². The molecular weight excluding hydrogens is 250 g/mol. The second-order valence-corrected chi connectivity index (χ2v) is 5.12. The van der Waals surface area contributed by atoms with Gasteiger partial charge in [0.25, 0.3) is 0 Å². The number of carbonyl (C=O) groups excluding carboxylic acids is 1. The van der Waals surface area contributed by atoms with Crippen LogP contribution >= 0.6 is 0 Å². The van der Waals surface area contributed by atoms with E-state index in [0.717, 1.165) is 18.4 Å². The van der Waals surface area contributed by atoms with Crippen LogP contribution in [0, 0.1) is 0 Å². The third kappa shape index (κ3) is 2.20.